The predicted octanol–water partition coefficient (Wildman–Crippen LogP) is 3.38. The van der Waals surface area contributed by atoms with Crippen molar-refractivity contribution in [3.8, 4) is 0 Å². The van der Waals surface area contributed by atoms with Crippen LogP contribution in [0.3, 0.4) is 0 Å². The lowest BCUT2D eigenvalue weighted by Gasteiger charge is -2.29. The van der Waals surface area contributed by atoms with Gasteiger partial charge in [-0.1, -0.05) is 55.4 Å². The quantitative estimate of drug-likeness (QED) is 0.472. The molecule has 0 aliphatic heterocycles. The van der Waals surface area contributed by atoms with Crippen molar-refractivity contribution in [2.75, 3.05) is 27.2 Å². The van der Waals surface area contributed by atoms with Crippen molar-refractivity contribution >= 4 is 18.0 Å². The Hall–Kier alpha value is -1.79. The summed E-state index contributed by atoms with van der Waals surface area (Å²) in [6.45, 7) is 15.6. The van der Waals surface area contributed by atoms with Gasteiger partial charge in [-0.2, -0.15) is 0 Å². The molecule has 0 aliphatic carbocycles. The highest BCUT2D eigenvalue weighted by atomic mass is 16.7. The molecule has 2 amide bonds. The van der Waals surface area contributed by atoms with Crippen molar-refractivity contribution in [2.45, 2.75) is 61.7 Å². The van der Waals surface area contributed by atoms with Crippen LogP contribution in [0.5, 0.6) is 0 Å². The fourth-order valence-corrected chi connectivity index (χ4v) is 2.04. The summed E-state index contributed by atoms with van der Waals surface area (Å²) in [5.41, 5.74) is -0.474. The van der Waals surface area contributed by atoms with E-state index in [1.807, 2.05) is 48.5 Å². The van der Waals surface area contributed by atoms with Gasteiger partial charge in [-0.15, -0.1) is 0 Å². The number of rotatable bonds is 8. The third kappa shape index (κ3) is 8.63. The molecule has 0 aromatic heterocycles. The number of hydrogen-bond acceptors (Lipinski definition) is 5. The summed E-state index contributed by atoms with van der Waals surface area (Å²) in [7, 11) is 3.30. The summed E-state index contributed by atoms with van der Waals surface area (Å²) >= 11 is 0. The van der Waals surface area contributed by atoms with Crippen molar-refractivity contribution in [1.82, 2.24) is 9.80 Å². The van der Waals surface area contributed by atoms with Gasteiger partial charge in [0.1, 0.15) is 0 Å². The summed E-state index contributed by atoms with van der Waals surface area (Å²) < 4.78 is 10.8. The van der Waals surface area contributed by atoms with Gasteiger partial charge in [-0.3, -0.25) is 9.59 Å². The Kier molecular flexibility index (Phi) is 9.82. The average Bonchev–Trinajstić information content (AvgIpc) is 2.55. The Morgan fingerprint density at radius 3 is 1.70 bits per heavy atom. The molecule has 0 heterocycles. The first-order valence-corrected chi connectivity index (χ1v) is 9.56. The molecule has 1 unspecified atom stereocenters. The molecule has 0 aromatic carbocycles. The smallest absolute Gasteiger partial charge is 0.412 e. The van der Waals surface area contributed by atoms with Gasteiger partial charge in [0.25, 0.3) is 6.29 Å². The second-order valence-corrected chi connectivity index (χ2v) is 8.86. The Labute approximate surface area is 164 Å². The zero-order valence-electron chi connectivity index (χ0n) is 18.7. The molecule has 0 bridgehead atoms. The van der Waals surface area contributed by atoms with Crippen LogP contribution in [0.15, 0.2) is 0 Å². The molecule has 0 N–H and O–H groups in total. The maximum atomic E-state index is 12.3. The molecular formula is C20H38N2O5. The van der Waals surface area contributed by atoms with E-state index in [9.17, 15) is 14.4 Å². The molecule has 0 saturated carbocycles. The maximum absolute atomic E-state index is 12.3. The summed E-state index contributed by atoms with van der Waals surface area (Å²) in [6, 6.07) is 0. The molecule has 0 aliphatic rings. The van der Waals surface area contributed by atoms with Crippen LogP contribution in [0.25, 0.3) is 0 Å². The second kappa shape index (κ2) is 10.5. The lowest BCUT2D eigenvalue weighted by Crippen LogP contribution is -2.43. The number of nitrogens with zero attached hydrogens (tertiary/aromatic N) is 2. The number of carbonyl (C=O) groups is 3. The minimum Gasteiger partial charge on any atom is -0.425 e. The first-order chi connectivity index (χ1) is 12.2. The van der Waals surface area contributed by atoms with Gasteiger partial charge in [0, 0.05) is 38.5 Å². The first kappa shape index (κ1) is 25.2. The van der Waals surface area contributed by atoms with Crippen molar-refractivity contribution in [3.05, 3.63) is 0 Å². The van der Waals surface area contributed by atoms with E-state index >= 15 is 0 Å². The SMILES string of the molecule is CC(C)C(OC(=O)[C@@H](C)C(C)C)OC(=O)N(C)CCN(C)C(=O)C(C)(C)C. The summed E-state index contributed by atoms with van der Waals surface area (Å²) in [4.78, 5) is 39.7. The molecule has 0 radical (unpaired) electrons. The highest BCUT2D eigenvalue weighted by Gasteiger charge is 2.29. The van der Waals surface area contributed by atoms with E-state index in [-0.39, 0.29) is 29.6 Å². The van der Waals surface area contributed by atoms with E-state index in [4.69, 9.17) is 9.47 Å². The van der Waals surface area contributed by atoms with Crippen LogP contribution in [0.2, 0.25) is 0 Å². The van der Waals surface area contributed by atoms with Crippen LogP contribution in [-0.4, -0.2) is 61.2 Å². The molecule has 0 spiro atoms. The van der Waals surface area contributed by atoms with E-state index in [2.05, 4.69) is 0 Å². The molecule has 7 nitrogen and oxygen atoms in total. The topological polar surface area (TPSA) is 76.2 Å². The summed E-state index contributed by atoms with van der Waals surface area (Å²) in [5.74, 6) is -0.689. The number of amides is 2. The second-order valence-electron chi connectivity index (χ2n) is 8.86. The molecule has 0 rings (SSSR count). The minimum absolute atomic E-state index is 0.000859. The molecule has 158 valence electrons. The number of hydrogen-bond donors (Lipinski definition) is 0. The van der Waals surface area contributed by atoms with Crippen LogP contribution < -0.4 is 0 Å². The van der Waals surface area contributed by atoms with Gasteiger partial charge in [-0.25, -0.2) is 4.79 Å². The van der Waals surface area contributed by atoms with Crippen molar-refractivity contribution in [1.29, 1.82) is 0 Å². The van der Waals surface area contributed by atoms with Crippen LogP contribution in [0.4, 0.5) is 4.79 Å². The Bertz CT molecular complexity index is 511. The summed E-state index contributed by atoms with van der Waals surface area (Å²) in [6.07, 6.45) is -1.53. The van der Waals surface area contributed by atoms with Crippen LogP contribution in [0, 0.1) is 23.2 Å². The fourth-order valence-electron chi connectivity index (χ4n) is 2.04. The monoisotopic (exact) mass is 386 g/mol. The lowest BCUT2D eigenvalue weighted by molar-refractivity contribution is -0.182. The zero-order valence-corrected chi connectivity index (χ0v) is 18.7. The van der Waals surface area contributed by atoms with E-state index in [0.717, 1.165) is 0 Å². The van der Waals surface area contributed by atoms with Crippen LogP contribution in [0.1, 0.15) is 55.4 Å². The van der Waals surface area contributed by atoms with E-state index in [1.54, 1.807) is 25.9 Å². The largest absolute Gasteiger partial charge is 0.425 e. The highest BCUT2D eigenvalue weighted by Crippen LogP contribution is 2.18. The van der Waals surface area contributed by atoms with Crippen LogP contribution in [-0.2, 0) is 19.1 Å². The third-order valence-corrected chi connectivity index (χ3v) is 4.44. The Balaban J connectivity index is 4.72. The van der Waals surface area contributed by atoms with Gasteiger partial charge < -0.3 is 19.3 Å². The zero-order chi connectivity index (χ0) is 21.5. The van der Waals surface area contributed by atoms with Crippen LogP contribution >= 0.6 is 0 Å². The van der Waals surface area contributed by atoms with Gasteiger partial charge in [0.05, 0.1) is 5.92 Å². The molecule has 0 fully saturated rings. The predicted molar refractivity (Wildman–Crippen MR) is 105 cm³/mol. The minimum atomic E-state index is -0.942. The van der Waals surface area contributed by atoms with Crippen molar-refractivity contribution in [2.24, 2.45) is 23.2 Å². The lowest BCUT2D eigenvalue weighted by atomic mass is 9.95. The molecule has 27 heavy (non-hydrogen) atoms. The Morgan fingerprint density at radius 2 is 1.30 bits per heavy atom. The van der Waals surface area contributed by atoms with Gasteiger partial charge in [0.15, 0.2) is 0 Å². The van der Waals surface area contributed by atoms with Gasteiger partial charge in [-0.05, 0) is 5.92 Å². The van der Waals surface area contributed by atoms with E-state index in [0.29, 0.717) is 13.1 Å². The number of esters is 1. The fraction of sp³-hybridized carbons (Fsp3) is 0.850. The van der Waals surface area contributed by atoms with Crippen molar-refractivity contribution in [3.63, 3.8) is 0 Å². The third-order valence-electron chi connectivity index (χ3n) is 4.44. The highest BCUT2D eigenvalue weighted by molar-refractivity contribution is 5.81. The van der Waals surface area contributed by atoms with Crippen molar-refractivity contribution < 1.29 is 23.9 Å². The molecule has 0 aromatic rings. The van der Waals surface area contributed by atoms with E-state index in [1.165, 1.54) is 4.90 Å². The average molecular weight is 387 g/mol. The normalized spacial score (nSPS) is 13.9. The molecular weight excluding hydrogens is 348 g/mol. The van der Waals surface area contributed by atoms with Gasteiger partial charge >= 0.3 is 12.1 Å². The number of carbonyl (C=O) groups excluding carboxylic acids is 3. The standard InChI is InChI=1S/C20H38N2O5/c1-13(2)15(5)16(23)26-17(14(3)4)27-19(25)22(10)12-11-21(9)18(24)20(6,7)8/h13-15,17H,11-12H2,1-10H3/t15-,17?/m0/s1. The van der Waals surface area contributed by atoms with E-state index < -0.39 is 17.8 Å². The Morgan fingerprint density at radius 1 is 0.815 bits per heavy atom. The molecule has 2 atom stereocenters. The molecule has 7 heteroatoms. The maximum Gasteiger partial charge on any atom is 0.412 e. The molecule has 0 saturated heterocycles. The number of ether oxygens (including phenoxy) is 2. The number of likely N-dealkylation sites (N-methyl/N-ethyl adjacent to an activating group) is 2. The van der Waals surface area contributed by atoms with Gasteiger partial charge in [0.2, 0.25) is 5.91 Å². The first-order valence-electron chi connectivity index (χ1n) is 9.56. The summed E-state index contributed by atoms with van der Waals surface area (Å²) in [5, 5.41) is 0.